The van der Waals surface area contributed by atoms with E-state index in [1.54, 1.807) is 0 Å². The first-order valence-corrected chi connectivity index (χ1v) is 5.42. The first-order valence-electron chi connectivity index (χ1n) is 4.91. The van der Waals surface area contributed by atoms with Crippen LogP contribution in [0.1, 0.15) is 12.6 Å². The van der Waals surface area contributed by atoms with Gasteiger partial charge in [-0.15, -0.1) is 0 Å². The van der Waals surface area contributed by atoms with Crippen molar-refractivity contribution in [3.8, 4) is 0 Å². The Hall–Kier alpha value is -1.05. The lowest BCUT2D eigenvalue weighted by Crippen LogP contribution is -2.27. The number of thiol groups is 1. The van der Waals surface area contributed by atoms with Crippen molar-refractivity contribution < 1.29 is 9.84 Å². The quantitative estimate of drug-likeness (QED) is 0.604. The number of rotatable bonds is 2. The summed E-state index contributed by atoms with van der Waals surface area (Å²) in [5.41, 5.74) is 4.93. The van der Waals surface area contributed by atoms with Crippen LogP contribution in [0.2, 0.25) is 0 Å². The summed E-state index contributed by atoms with van der Waals surface area (Å²) in [6.07, 6.45) is 1.31. The fourth-order valence-electron chi connectivity index (χ4n) is 1.70. The smallest absolute Gasteiger partial charge is 0.351 e. The molecular formula is C9H13N3O3S. The van der Waals surface area contributed by atoms with E-state index in [9.17, 15) is 4.79 Å². The van der Waals surface area contributed by atoms with Crippen molar-refractivity contribution in [1.29, 1.82) is 0 Å². The van der Waals surface area contributed by atoms with Crippen LogP contribution in [-0.2, 0) is 4.74 Å². The molecule has 1 fully saturated rings. The Bertz CT molecular complexity index is 436. The molecule has 0 aliphatic carbocycles. The van der Waals surface area contributed by atoms with E-state index in [1.807, 2.05) is 0 Å². The standard InChI is InChI=1S/C9H13N3O3S/c10-7-1-2-12(9(14)11-7)8-3-6(16)5(4-13)15-8/h1-2,5-6,8,13,16H,3-4H2,(H2,10,11,14)/t5-,6+,8-/m1/s1. The van der Waals surface area contributed by atoms with Gasteiger partial charge in [0.1, 0.15) is 12.0 Å². The van der Waals surface area contributed by atoms with Gasteiger partial charge >= 0.3 is 5.69 Å². The van der Waals surface area contributed by atoms with Gasteiger partial charge in [-0.1, -0.05) is 0 Å². The third-order valence-electron chi connectivity index (χ3n) is 2.55. The summed E-state index contributed by atoms with van der Waals surface area (Å²) in [4.78, 5) is 15.1. The van der Waals surface area contributed by atoms with E-state index in [2.05, 4.69) is 17.6 Å². The number of nitrogens with zero attached hydrogens (tertiary/aromatic N) is 2. The minimum Gasteiger partial charge on any atom is -0.394 e. The van der Waals surface area contributed by atoms with E-state index in [0.717, 1.165) is 0 Å². The maximum absolute atomic E-state index is 11.5. The number of aromatic nitrogens is 2. The molecule has 0 aromatic carbocycles. The monoisotopic (exact) mass is 243 g/mol. The first-order chi connectivity index (χ1) is 7.61. The zero-order chi connectivity index (χ0) is 11.7. The minimum absolute atomic E-state index is 0.0838. The van der Waals surface area contributed by atoms with Gasteiger partial charge in [-0.05, 0) is 6.07 Å². The molecule has 0 spiro atoms. The number of aliphatic hydroxyl groups is 1. The van der Waals surface area contributed by atoms with Gasteiger partial charge in [0.25, 0.3) is 0 Å². The summed E-state index contributed by atoms with van der Waals surface area (Å²) >= 11 is 4.29. The maximum atomic E-state index is 11.5. The second-order valence-electron chi connectivity index (χ2n) is 3.66. The summed E-state index contributed by atoms with van der Waals surface area (Å²) in [6.45, 7) is -0.109. The molecule has 1 aromatic heterocycles. The molecule has 0 bridgehead atoms. The fraction of sp³-hybridized carbons (Fsp3) is 0.556. The Labute approximate surface area is 97.5 Å². The predicted octanol–water partition coefficient (Wildman–Crippen LogP) is -0.596. The molecule has 0 radical (unpaired) electrons. The Morgan fingerprint density at radius 1 is 1.75 bits per heavy atom. The molecule has 7 heteroatoms. The van der Waals surface area contributed by atoms with E-state index < -0.39 is 11.9 Å². The van der Waals surface area contributed by atoms with Crippen molar-refractivity contribution in [2.24, 2.45) is 0 Å². The summed E-state index contributed by atoms with van der Waals surface area (Å²) in [5, 5.41) is 8.93. The SMILES string of the molecule is Nc1ccn([C@H]2C[C@H](S)[C@@H](CO)O2)c(=O)n1. The molecule has 3 N–H and O–H groups in total. The summed E-state index contributed by atoms with van der Waals surface area (Å²) in [5.74, 6) is 0.181. The Balaban J connectivity index is 2.23. The highest BCUT2D eigenvalue weighted by atomic mass is 32.1. The number of aliphatic hydroxyl groups excluding tert-OH is 1. The average molecular weight is 243 g/mol. The van der Waals surface area contributed by atoms with E-state index in [1.165, 1.54) is 16.8 Å². The van der Waals surface area contributed by atoms with Crippen LogP contribution in [0, 0.1) is 0 Å². The molecule has 0 saturated carbocycles. The van der Waals surface area contributed by atoms with Crippen LogP contribution in [0.5, 0.6) is 0 Å². The fourth-order valence-corrected chi connectivity index (χ4v) is 2.04. The largest absolute Gasteiger partial charge is 0.394 e. The summed E-state index contributed by atoms with van der Waals surface area (Å²) in [6, 6.07) is 1.53. The first kappa shape index (κ1) is 11.4. The minimum atomic E-state index is -0.455. The summed E-state index contributed by atoms with van der Waals surface area (Å²) in [7, 11) is 0. The van der Waals surface area contributed by atoms with Crippen LogP contribution in [0.3, 0.4) is 0 Å². The van der Waals surface area contributed by atoms with Crippen molar-refractivity contribution in [3.05, 3.63) is 22.7 Å². The normalized spacial score (nSPS) is 29.5. The number of nitrogens with two attached hydrogens (primary N) is 1. The molecular weight excluding hydrogens is 230 g/mol. The van der Waals surface area contributed by atoms with Crippen LogP contribution in [0.15, 0.2) is 17.1 Å². The van der Waals surface area contributed by atoms with Gasteiger partial charge in [0.15, 0.2) is 0 Å². The van der Waals surface area contributed by atoms with Crippen LogP contribution in [0.4, 0.5) is 5.82 Å². The van der Waals surface area contributed by atoms with Crippen molar-refractivity contribution in [2.45, 2.75) is 24.0 Å². The highest BCUT2D eigenvalue weighted by molar-refractivity contribution is 7.81. The van der Waals surface area contributed by atoms with Crippen LogP contribution in [0.25, 0.3) is 0 Å². The molecule has 1 aliphatic rings. The van der Waals surface area contributed by atoms with Gasteiger partial charge in [0, 0.05) is 17.9 Å². The number of nitrogen functional groups attached to an aromatic ring is 1. The van der Waals surface area contributed by atoms with Crippen molar-refractivity contribution in [2.75, 3.05) is 12.3 Å². The zero-order valence-electron chi connectivity index (χ0n) is 8.48. The lowest BCUT2D eigenvalue weighted by atomic mass is 10.2. The summed E-state index contributed by atoms with van der Waals surface area (Å²) < 4.78 is 6.84. The van der Waals surface area contributed by atoms with Crippen LogP contribution in [-0.4, -0.2) is 32.6 Å². The second kappa shape index (κ2) is 4.44. The Morgan fingerprint density at radius 2 is 2.50 bits per heavy atom. The Kier molecular flexibility index (Phi) is 3.17. The topological polar surface area (TPSA) is 90.4 Å². The van der Waals surface area contributed by atoms with Crippen LogP contribution >= 0.6 is 12.6 Å². The van der Waals surface area contributed by atoms with E-state index >= 15 is 0 Å². The molecule has 2 heterocycles. The molecule has 6 nitrogen and oxygen atoms in total. The van der Waals surface area contributed by atoms with E-state index in [-0.39, 0.29) is 23.8 Å². The lowest BCUT2D eigenvalue weighted by molar-refractivity contribution is -0.0236. The van der Waals surface area contributed by atoms with Gasteiger partial charge in [-0.25, -0.2) is 4.79 Å². The second-order valence-corrected chi connectivity index (χ2v) is 4.32. The van der Waals surface area contributed by atoms with Gasteiger partial charge in [0.2, 0.25) is 0 Å². The van der Waals surface area contributed by atoms with Gasteiger partial charge in [0.05, 0.1) is 12.7 Å². The van der Waals surface area contributed by atoms with E-state index in [0.29, 0.717) is 6.42 Å². The van der Waals surface area contributed by atoms with Gasteiger partial charge in [-0.3, -0.25) is 4.57 Å². The zero-order valence-corrected chi connectivity index (χ0v) is 9.38. The molecule has 2 rings (SSSR count). The number of anilines is 1. The molecule has 1 aliphatic heterocycles. The Morgan fingerprint density at radius 3 is 3.06 bits per heavy atom. The predicted molar refractivity (Wildman–Crippen MR) is 61.3 cm³/mol. The molecule has 88 valence electrons. The highest BCUT2D eigenvalue weighted by Crippen LogP contribution is 2.30. The third-order valence-corrected chi connectivity index (χ3v) is 3.09. The molecule has 1 saturated heterocycles. The maximum Gasteiger partial charge on any atom is 0.351 e. The molecule has 16 heavy (non-hydrogen) atoms. The highest BCUT2D eigenvalue weighted by Gasteiger charge is 2.33. The lowest BCUT2D eigenvalue weighted by Gasteiger charge is -2.14. The molecule has 0 unspecified atom stereocenters. The molecule has 0 amide bonds. The molecule has 1 aromatic rings. The van der Waals surface area contributed by atoms with Crippen molar-refractivity contribution in [3.63, 3.8) is 0 Å². The number of hydrogen-bond donors (Lipinski definition) is 3. The number of hydrogen-bond acceptors (Lipinski definition) is 6. The van der Waals surface area contributed by atoms with E-state index in [4.69, 9.17) is 15.6 Å². The van der Waals surface area contributed by atoms with Crippen molar-refractivity contribution >= 4 is 18.4 Å². The van der Waals surface area contributed by atoms with Crippen LogP contribution < -0.4 is 11.4 Å². The van der Waals surface area contributed by atoms with Gasteiger partial charge in [-0.2, -0.15) is 17.6 Å². The molecule has 3 atom stereocenters. The van der Waals surface area contributed by atoms with Crippen molar-refractivity contribution in [1.82, 2.24) is 9.55 Å². The third kappa shape index (κ3) is 2.06. The number of ether oxygens (including phenoxy) is 1. The van der Waals surface area contributed by atoms with Gasteiger partial charge < -0.3 is 15.6 Å². The average Bonchev–Trinajstić information content (AvgIpc) is 2.59.